The van der Waals surface area contributed by atoms with Crippen molar-refractivity contribution in [3.05, 3.63) is 86.9 Å². The number of benzene rings is 2. The second kappa shape index (κ2) is 8.10. The maximum absolute atomic E-state index is 9.91. The minimum absolute atomic E-state index is 0.269. The Morgan fingerprint density at radius 2 is 1.48 bits per heavy atom. The van der Waals surface area contributed by atoms with Gasteiger partial charge in [0.25, 0.3) is 0 Å². The van der Waals surface area contributed by atoms with Crippen molar-refractivity contribution in [3.63, 3.8) is 0 Å². The number of nitriles is 1. The van der Waals surface area contributed by atoms with Crippen molar-refractivity contribution in [2.45, 2.75) is 13.8 Å². The van der Waals surface area contributed by atoms with Crippen molar-refractivity contribution in [2.24, 2.45) is 4.99 Å². The number of furan rings is 2. The molecule has 2 aromatic carbocycles. The minimum atomic E-state index is 0.269. The molecule has 0 N–H and O–H groups in total. The molecule has 0 atom stereocenters. The smallest absolute Gasteiger partial charge is 0.238 e. The summed E-state index contributed by atoms with van der Waals surface area (Å²) in [5.74, 6) is 1.50. The van der Waals surface area contributed by atoms with E-state index in [1.165, 1.54) is 0 Å². The van der Waals surface area contributed by atoms with E-state index in [0.717, 1.165) is 31.6 Å². The van der Waals surface area contributed by atoms with Crippen LogP contribution in [0, 0.1) is 28.9 Å². The molecule has 4 rings (SSSR count). The van der Waals surface area contributed by atoms with Crippen LogP contribution in [0.2, 0.25) is 0 Å². The van der Waals surface area contributed by atoms with E-state index in [4.69, 9.17) is 8.83 Å². The average molecular weight is 492 g/mol. The molecule has 0 bridgehead atoms. The largest absolute Gasteiger partial charge is 0.449 e. The molecule has 0 aliphatic heterocycles. The Bertz CT molecular complexity index is 1220. The Balaban J connectivity index is 1.89. The summed E-state index contributed by atoms with van der Waals surface area (Å²) in [5.41, 5.74) is 5.28. The zero-order valence-electron chi connectivity index (χ0n) is 15.9. The summed E-state index contributed by atoms with van der Waals surface area (Å²) in [6.07, 6.45) is 1.57. The van der Waals surface area contributed by atoms with Crippen LogP contribution in [0.4, 0.5) is 5.88 Å². The first-order chi connectivity index (χ1) is 14.0. The number of nitrogens with zero attached hydrogens (tertiary/aromatic N) is 2. The van der Waals surface area contributed by atoms with Crippen molar-refractivity contribution >= 4 is 34.7 Å². The summed E-state index contributed by atoms with van der Waals surface area (Å²) in [6.45, 7) is 4.07. The Morgan fingerprint density at radius 3 is 2.03 bits per heavy atom. The lowest BCUT2D eigenvalue weighted by atomic mass is 9.97. The maximum atomic E-state index is 9.91. The van der Waals surface area contributed by atoms with Gasteiger partial charge >= 0.3 is 0 Å². The Hall–Kier alpha value is -3.11. The molecule has 5 heteroatoms. The topological polar surface area (TPSA) is 62.4 Å². The van der Waals surface area contributed by atoms with Gasteiger partial charge in [0.05, 0.1) is 6.21 Å². The maximum Gasteiger partial charge on any atom is 0.238 e. The lowest BCUT2D eigenvalue weighted by Gasteiger charge is -2.05. The molecule has 0 spiro atoms. The molecule has 4 nitrogen and oxygen atoms in total. The Labute approximate surface area is 182 Å². The number of halogens is 1. The highest BCUT2D eigenvalue weighted by Gasteiger charge is 2.22. The summed E-state index contributed by atoms with van der Waals surface area (Å²) in [4.78, 5) is 4.42. The highest BCUT2D eigenvalue weighted by atomic mass is 127. The zero-order valence-corrected chi connectivity index (χ0v) is 18.1. The molecule has 29 heavy (non-hydrogen) atoms. The molecule has 0 amide bonds. The molecule has 0 radical (unpaired) electrons. The first-order valence-electron chi connectivity index (χ1n) is 9.05. The van der Waals surface area contributed by atoms with Gasteiger partial charge in [-0.15, -0.1) is 0 Å². The molecular formula is C24H17IN2O2. The molecule has 4 aromatic rings. The van der Waals surface area contributed by atoms with Crippen molar-refractivity contribution in [2.75, 3.05) is 0 Å². The predicted molar refractivity (Wildman–Crippen MR) is 122 cm³/mol. The van der Waals surface area contributed by atoms with Crippen LogP contribution < -0.4 is 0 Å². The molecule has 0 saturated heterocycles. The third-order valence-electron chi connectivity index (χ3n) is 4.56. The van der Waals surface area contributed by atoms with Gasteiger partial charge < -0.3 is 8.83 Å². The van der Waals surface area contributed by atoms with Crippen molar-refractivity contribution in [1.82, 2.24) is 0 Å². The summed E-state index contributed by atoms with van der Waals surface area (Å²) in [6, 6.07) is 22.0. The molecule has 0 unspecified atom stereocenters. The van der Waals surface area contributed by atoms with E-state index in [1.807, 2.05) is 74.5 Å². The van der Waals surface area contributed by atoms with Crippen LogP contribution >= 0.6 is 22.6 Å². The normalized spacial score (nSPS) is 11.1. The van der Waals surface area contributed by atoms with E-state index in [-0.39, 0.29) is 5.88 Å². The fourth-order valence-corrected chi connectivity index (χ4v) is 3.47. The highest BCUT2D eigenvalue weighted by Crippen LogP contribution is 2.42. The van der Waals surface area contributed by atoms with Crippen LogP contribution in [-0.2, 0) is 0 Å². The van der Waals surface area contributed by atoms with Gasteiger partial charge in [-0.05, 0) is 54.1 Å². The van der Waals surface area contributed by atoms with E-state index >= 15 is 0 Å². The van der Waals surface area contributed by atoms with Crippen LogP contribution in [0.3, 0.4) is 0 Å². The zero-order chi connectivity index (χ0) is 20.4. The Morgan fingerprint density at radius 1 is 0.862 bits per heavy atom. The fraction of sp³-hybridized carbons (Fsp3) is 0.0833. The van der Waals surface area contributed by atoms with E-state index in [9.17, 15) is 5.26 Å². The van der Waals surface area contributed by atoms with Gasteiger partial charge in [0.1, 0.15) is 23.2 Å². The van der Waals surface area contributed by atoms with Gasteiger partial charge in [-0.25, -0.2) is 4.99 Å². The molecular weight excluding hydrogens is 475 g/mol. The summed E-state index contributed by atoms with van der Waals surface area (Å²) < 4.78 is 12.4. The predicted octanol–water partition coefficient (Wildman–Crippen LogP) is 7.05. The van der Waals surface area contributed by atoms with Crippen LogP contribution in [-0.4, -0.2) is 6.21 Å². The molecule has 0 fully saturated rings. The minimum Gasteiger partial charge on any atom is -0.449 e. The summed E-state index contributed by atoms with van der Waals surface area (Å²) >= 11 is 2.09. The van der Waals surface area contributed by atoms with E-state index in [1.54, 1.807) is 6.21 Å². The second-order valence-electron chi connectivity index (χ2n) is 6.73. The third kappa shape index (κ3) is 4.03. The SMILES string of the molecule is Cc1ccc(-c2oc(N=Cc3ccc(I)o3)c(C#N)c2-c2ccc(C)cc2)cc1. The number of rotatable bonds is 4. The van der Waals surface area contributed by atoms with Gasteiger partial charge in [-0.1, -0.05) is 59.7 Å². The van der Waals surface area contributed by atoms with Crippen LogP contribution in [0.1, 0.15) is 22.5 Å². The first-order valence-corrected chi connectivity index (χ1v) is 10.1. The first kappa shape index (κ1) is 19.2. The van der Waals surface area contributed by atoms with E-state index in [2.05, 4.69) is 33.7 Å². The fourth-order valence-electron chi connectivity index (χ4n) is 3.04. The summed E-state index contributed by atoms with van der Waals surface area (Å²) in [5, 5.41) is 9.91. The van der Waals surface area contributed by atoms with Gasteiger partial charge in [0.15, 0.2) is 3.77 Å². The van der Waals surface area contributed by atoms with Crippen LogP contribution in [0.25, 0.3) is 22.5 Å². The van der Waals surface area contributed by atoms with Gasteiger partial charge in [0.2, 0.25) is 5.88 Å². The lowest BCUT2D eigenvalue weighted by molar-refractivity contribution is 0.531. The van der Waals surface area contributed by atoms with Crippen molar-refractivity contribution in [3.8, 4) is 28.5 Å². The number of hydrogen-bond acceptors (Lipinski definition) is 4. The molecule has 2 heterocycles. The molecule has 0 aliphatic rings. The van der Waals surface area contributed by atoms with Gasteiger partial charge in [-0.2, -0.15) is 5.26 Å². The summed E-state index contributed by atoms with van der Waals surface area (Å²) in [7, 11) is 0. The third-order valence-corrected chi connectivity index (χ3v) is 5.14. The van der Waals surface area contributed by atoms with Crippen molar-refractivity contribution in [1.29, 1.82) is 5.26 Å². The highest BCUT2D eigenvalue weighted by molar-refractivity contribution is 14.1. The second-order valence-corrected chi connectivity index (χ2v) is 7.79. The van der Waals surface area contributed by atoms with E-state index in [0.29, 0.717) is 17.1 Å². The van der Waals surface area contributed by atoms with Crippen LogP contribution in [0.5, 0.6) is 0 Å². The number of hydrogen-bond donors (Lipinski definition) is 0. The molecule has 0 saturated carbocycles. The monoisotopic (exact) mass is 492 g/mol. The molecule has 2 aromatic heterocycles. The Kier molecular flexibility index (Phi) is 5.36. The quantitative estimate of drug-likeness (QED) is 0.227. The number of aliphatic imine (C=N–C) groups is 1. The molecule has 0 aliphatic carbocycles. The van der Waals surface area contributed by atoms with Gasteiger partial charge in [0, 0.05) is 11.1 Å². The lowest BCUT2D eigenvalue weighted by Crippen LogP contribution is -1.85. The van der Waals surface area contributed by atoms with Gasteiger partial charge in [-0.3, -0.25) is 0 Å². The number of aryl methyl sites for hydroxylation is 2. The average Bonchev–Trinajstić information content (AvgIpc) is 3.30. The molecule has 142 valence electrons. The van der Waals surface area contributed by atoms with E-state index < -0.39 is 0 Å². The standard InChI is InChI=1S/C24H17IN2O2/c1-15-3-7-17(8-4-15)22-20(13-26)24(27-14-19-11-12-21(25)28-19)29-23(22)18-9-5-16(2)6-10-18/h3-12,14H,1-2H3. The van der Waals surface area contributed by atoms with Crippen LogP contribution in [0.15, 0.2) is 74.5 Å². The van der Waals surface area contributed by atoms with Crippen molar-refractivity contribution < 1.29 is 8.83 Å².